The molecule has 0 bridgehead atoms. The maximum absolute atomic E-state index is 5.86. The van der Waals surface area contributed by atoms with E-state index in [4.69, 9.17) is 15.7 Å². The van der Waals surface area contributed by atoms with Gasteiger partial charge in [-0.2, -0.15) is 0 Å². The average molecular weight is 390 g/mol. The third-order valence-electron chi connectivity index (χ3n) is 5.99. The minimum atomic E-state index is 0.302. The second-order valence-corrected chi connectivity index (χ2v) is 7.94. The quantitative estimate of drug-likeness (QED) is 0.528. The fourth-order valence-corrected chi connectivity index (χ4v) is 4.62. The van der Waals surface area contributed by atoms with Gasteiger partial charge in [0.2, 0.25) is 0 Å². The largest absolute Gasteiger partial charge is 0.341 e. The highest BCUT2D eigenvalue weighted by molar-refractivity contribution is 5.74. The van der Waals surface area contributed by atoms with Gasteiger partial charge in [0.25, 0.3) is 0 Å². The van der Waals surface area contributed by atoms with Gasteiger partial charge in [-0.1, -0.05) is 24.3 Å². The fraction of sp³-hybridized carbons (Fsp3) is 0.417. The smallest absolute Gasteiger partial charge is 0.121 e. The van der Waals surface area contributed by atoms with Gasteiger partial charge in [0, 0.05) is 12.2 Å². The van der Waals surface area contributed by atoms with Crippen LogP contribution in [0.3, 0.4) is 0 Å². The zero-order chi connectivity index (χ0) is 20.1. The fourth-order valence-electron chi connectivity index (χ4n) is 4.62. The monoisotopic (exact) mass is 389 g/mol. The Balaban J connectivity index is 1.69. The van der Waals surface area contributed by atoms with Crippen molar-refractivity contribution in [1.29, 1.82) is 0 Å². The van der Waals surface area contributed by atoms with Gasteiger partial charge in [-0.25, -0.2) is 4.98 Å². The zero-order valence-electron chi connectivity index (χ0n) is 17.1. The average Bonchev–Trinajstić information content (AvgIpc) is 3.17. The van der Waals surface area contributed by atoms with Gasteiger partial charge >= 0.3 is 0 Å². The highest BCUT2D eigenvalue weighted by Gasteiger charge is 2.32. The van der Waals surface area contributed by atoms with Crippen LogP contribution in [-0.4, -0.2) is 32.4 Å². The number of aryl methyl sites for hydroxylation is 1. The van der Waals surface area contributed by atoms with Gasteiger partial charge in [-0.05, 0) is 68.8 Å². The summed E-state index contributed by atoms with van der Waals surface area (Å²) in [6.45, 7) is 5.52. The summed E-state index contributed by atoms with van der Waals surface area (Å²) in [5, 5.41) is 0. The number of aromatic nitrogens is 3. The Morgan fingerprint density at radius 3 is 3.00 bits per heavy atom. The first-order chi connectivity index (χ1) is 14.3. The second kappa shape index (κ2) is 9.33. The lowest BCUT2D eigenvalue weighted by Crippen LogP contribution is -2.40. The molecule has 0 saturated carbocycles. The van der Waals surface area contributed by atoms with Gasteiger partial charge in [0.1, 0.15) is 5.82 Å². The molecule has 0 aliphatic heterocycles. The molecule has 0 radical (unpaired) electrons. The molecule has 152 valence electrons. The van der Waals surface area contributed by atoms with Crippen molar-refractivity contribution >= 4 is 11.0 Å². The summed E-state index contributed by atoms with van der Waals surface area (Å²) >= 11 is 0. The Bertz CT molecular complexity index is 914. The molecule has 2 atom stereocenters. The van der Waals surface area contributed by atoms with E-state index in [0.717, 1.165) is 55.5 Å². The number of H-pyrrole nitrogens is 1. The number of para-hydroxylation sites is 2. The van der Waals surface area contributed by atoms with Gasteiger partial charge in [0.05, 0.1) is 29.3 Å². The molecule has 5 heteroatoms. The summed E-state index contributed by atoms with van der Waals surface area (Å²) in [7, 11) is 0. The van der Waals surface area contributed by atoms with Crippen LogP contribution in [0.5, 0.6) is 0 Å². The Morgan fingerprint density at radius 1 is 1.28 bits per heavy atom. The molecule has 0 saturated heterocycles. The van der Waals surface area contributed by atoms with E-state index in [9.17, 15) is 0 Å². The van der Waals surface area contributed by atoms with Crippen molar-refractivity contribution in [2.45, 2.75) is 57.2 Å². The number of benzene rings is 1. The van der Waals surface area contributed by atoms with Crippen LogP contribution in [0.15, 0.2) is 55.3 Å². The van der Waals surface area contributed by atoms with Crippen molar-refractivity contribution in [3.63, 3.8) is 0 Å². The molecule has 2 aromatic heterocycles. The molecule has 2 heterocycles. The number of aromatic amines is 1. The van der Waals surface area contributed by atoms with Crippen molar-refractivity contribution < 1.29 is 0 Å². The van der Waals surface area contributed by atoms with Crippen LogP contribution < -0.4 is 5.73 Å². The summed E-state index contributed by atoms with van der Waals surface area (Å²) in [4.78, 5) is 15.8. The van der Waals surface area contributed by atoms with E-state index in [2.05, 4.69) is 40.7 Å². The van der Waals surface area contributed by atoms with E-state index in [1.54, 1.807) is 0 Å². The maximum Gasteiger partial charge on any atom is 0.121 e. The molecule has 0 spiro atoms. The van der Waals surface area contributed by atoms with Crippen molar-refractivity contribution in [1.82, 2.24) is 19.9 Å². The lowest BCUT2D eigenvalue weighted by Gasteiger charge is -2.39. The van der Waals surface area contributed by atoms with Gasteiger partial charge in [-0.3, -0.25) is 9.88 Å². The first kappa shape index (κ1) is 19.8. The van der Waals surface area contributed by atoms with Crippen LogP contribution in [0.2, 0.25) is 0 Å². The molecule has 1 aliphatic rings. The molecule has 4 rings (SSSR count). The standard InChI is InChI=1S/C24H31N5/c1-2-8-19(11-6-15-25)29(17-23-27-20-12-3-4-13-21(20)28-23)22-14-5-9-18-10-7-16-26-24(18)22/h2-4,7,10,12-13,16,19,22H,1,5-6,8-9,11,14-15,17,25H2,(H,27,28). The summed E-state index contributed by atoms with van der Waals surface area (Å²) < 4.78 is 0. The lowest BCUT2D eigenvalue weighted by molar-refractivity contribution is 0.0979. The molecule has 0 fully saturated rings. The minimum Gasteiger partial charge on any atom is -0.341 e. The van der Waals surface area contributed by atoms with E-state index in [-0.39, 0.29) is 0 Å². The molecule has 1 aromatic carbocycles. The maximum atomic E-state index is 5.86. The Morgan fingerprint density at radius 2 is 2.17 bits per heavy atom. The minimum absolute atomic E-state index is 0.302. The van der Waals surface area contributed by atoms with E-state index in [0.29, 0.717) is 18.6 Å². The zero-order valence-corrected chi connectivity index (χ0v) is 17.1. The van der Waals surface area contributed by atoms with E-state index >= 15 is 0 Å². The molecule has 2 unspecified atom stereocenters. The number of rotatable bonds is 9. The number of imidazole rings is 1. The van der Waals surface area contributed by atoms with Crippen LogP contribution in [0.25, 0.3) is 11.0 Å². The molecule has 3 aromatic rings. The summed E-state index contributed by atoms with van der Waals surface area (Å²) in [6, 6.07) is 13.2. The molecule has 0 amide bonds. The van der Waals surface area contributed by atoms with Crippen molar-refractivity contribution in [2.24, 2.45) is 5.73 Å². The summed E-state index contributed by atoms with van der Waals surface area (Å²) in [6.07, 6.45) is 10.4. The highest BCUT2D eigenvalue weighted by Crippen LogP contribution is 2.36. The number of nitrogens with one attached hydrogen (secondary N) is 1. The van der Waals surface area contributed by atoms with Crippen LogP contribution in [-0.2, 0) is 13.0 Å². The van der Waals surface area contributed by atoms with Crippen LogP contribution in [0, 0.1) is 0 Å². The highest BCUT2D eigenvalue weighted by atomic mass is 15.2. The number of pyridine rings is 1. The number of nitrogens with two attached hydrogens (primary N) is 1. The van der Waals surface area contributed by atoms with Crippen molar-refractivity contribution in [3.8, 4) is 0 Å². The first-order valence-electron chi connectivity index (χ1n) is 10.7. The molecule has 1 aliphatic carbocycles. The third-order valence-corrected chi connectivity index (χ3v) is 5.99. The predicted octanol–water partition coefficient (Wildman–Crippen LogP) is 4.52. The number of nitrogens with zero attached hydrogens (tertiary/aromatic N) is 3. The van der Waals surface area contributed by atoms with Gasteiger partial charge in [-0.15, -0.1) is 6.58 Å². The van der Waals surface area contributed by atoms with E-state index < -0.39 is 0 Å². The van der Waals surface area contributed by atoms with E-state index in [1.165, 1.54) is 17.7 Å². The van der Waals surface area contributed by atoms with Gasteiger partial charge in [0.15, 0.2) is 0 Å². The number of hydrogen-bond acceptors (Lipinski definition) is 4. The predicted molar refractivity (Wildman–Crippen MR) is 118 cm³/mol. The molecular weight excluding hydrogens is 358 g/mol. The number of hydrogen-bond donors (Lipinski definition) is 2. The summed E-state index contributed by atoms with van der Waals surface area (Å²) in [5.41, 5.74) is 10.6. The Labute approximate surface area is 173 Å². The third kappa shape index (κ3) is 4.41. The van der Waals surface area contributed by atoms with Crippen LogP contribution >= 0.6 is 0 Å². The van der Waals surface area contributed by atoms with E-state index in [1.807, 2.05) is 24.4 Å². The molecular formula is C24H31N5. The Hall–Kier alpha value is -2.50. The summed E-state index contributed by atoms with van der Waals surface area (Å²) in [5.74, 6) is 1.01. The Kier molecular flexibility index (Phi) is 6.37. The topological polar surface area (TPSA) is 70.8 Å². The van der Waals surface area contributed by atoms with Crippen LogP contribution in [0.4, 0.5) is 0 Å². The second-order valence-electron chi connectivity index (χ2n) is 7.94. The SMILES string of the molecule is C=CCC(CCCN)N(Cc1nc2ccccc2[nH]1)C1CCCc2cccnc21. The normalized spacial score (nSPS) is 17.4. The molecule has 5 nitrogen and oxygen atoms in total. The molecule has 3 N–H and O–H groups in total. The lowest BCUT2D eigenvalue weighted by atomic mass is 9.89. The van der Waals surface area contributed by atoms with Gasteiger partial charge < -0.3 is 10.7 Å². The first-order valence-corrected chi connectivity index (χ1v) is 10.7. The van der Waals surface area contributed by atoms with Crippen molar-refractivity contribution in [3.05, 3.63) is 72.3 Å². The molecule has 29 heavy (non-hydrogen) atoms. The van der Waals surface area contributed by atoms with Crippen LogP contribution in [0.1, 0.15) is 55.2 Å². The van der Waals surface area contributed by atoms with Crippen molar-refractivity contribution in [2.75, 3.05) is 6.54 Å². The number of fused-ring (bicyclic) bond motifs is 2.